The Labute approximate surface area is 121 Å². The summed E-state index contributed by atoms with van der Waals surface area (Å²) < 4.78 is 1.71. The molecule has 0 bridgehead atoms. The summed E-state index contributed by atoms with van der Waals surface area (Å²) in [6.45, 7) is 0. The number of nitrogens with two attached hydrogens (primary N) is 1. The third-order valence-electron chi connectivity index (χ3n) is 3.03. The van der Waals surface area contributed by atoms with Gasteiger partial charge in [-0.1, -0.05) is 41.9 Å². The fourth-order valence-electron chi connectivity index (χ4n) is 2.04. The molecule has 5 heteroatoms. The molecular formula is C15H13ClN4. The quantitative estimate of drug-likeness (QED) is 0.734. The topological polar surface area (TPSA) is 56.7 Å². The lowest BCUT2D eigenvalue weighted by Gasteiger charge is -2.03. The lowest BCUT2D eigenvalue weighted by atomic mass is 10.2. The molecule has 20 heavy (non-hydrogen) atoms. The Morgan fingerprint density at radius 2 is 1.85 bits per heavy atom. The molecule has 0 aliphatic heterocycles. The first-order valence-corrected chi connectivity index (χ1v) is 6.55. The lowest BCUT2D eigenvalue weighted by Crippen LogP contribution is -1.96. The maximum absolute atomic E-state index is 6.22. The summed E-state index contributed by atoms with van der Waals surface area (Å²) in [7, 11) is 1.84. The number of hydrogen-bond acceptors (Lipinski definition) is 3. The molecule has 4 nitrogen and oxygen atoms in total. The summed E-state index contributed by atoms with van der Waals surface area (Å²) in [5.74, 6) is 1.36. The van der Waals surface area contributed by atoms with E-state index in [1.807, 2.05) is 37.4 Å². The average Bonchev–Trinajstić information content (AvgIpc) is 2.84. The van der Waals surface area contributed by atoms with Crippen LogP contribution in [0.4, 0.5) is 5.69 Å². The summed E-state index contributed by atoms with van der Waals surface area (Å²) in [6, 6.07) is 15.2. The summed E-state index contributed by atoms with van der Waals surface area (Å²) in [6.07, 6.45) is 0. The van der Waals surface area contributed by atoms with E-state index in [1.165, 1.54) is 0 Å². The van der Waals surface area contributed by atoms with Crippen LogP contribution in [0.15, 0.2) is 48.5 Å². The van der Waals surface area contributed by atoms with E-state index < -0.39 is 0 Å². The fourth-order valence-corrected chi connectivity index (χ4v) is 2.24. The molecule has 0 aliphatic rings. The number of rotatable bonds is 2. The van der Waals surface area contributed by atoms with Crippen LogP contribution in [-0.2, 0) is 7.05 Å². The first-order valence-electron chi connectivity index (χ1n) is 6.17. The van der Waals surface area contributed by atoms with Crippen molar-refractivity contribution in [3.63, 3.8) is 0 Å². The van der Waals surface area contributed by atoms with Crippen LogP contribution in [0.5, 0.6) is 0 Å². The minimum atomic E-state index is 0.606. The molecule has 1 aromatic heterocycles. The van der Waals surface area contributed by atoms with Gasteiger partial charge in [-0.25, -0.2) is 9.67 Å². The Kier molecular flexibility index (Phi) is 3.16. The van der Waals surface area contributed by atoms with Crippen LogP contribution < -0.4 is 5.73 Å². The van der Waals surface area contributed by atoms with Crippen molar-refractivity contribution in [2.45, 2.75) is 0 Å². The summed E-state index contributed by atoms with van der Waals surface area (Å²) >= 11 is 6.22. The number of nitrogen functional groups attached to an aromatic ring is 1. The Hall–Kier alpha value is -2.33. The van der Waals surface area contributed by atoms with Crippen LogP contribution >= 0.6 is 11.6 Å². The third-order valence-corrected chi connectivity index (χ3v) is 3.36. The standard InChI is InChI=1S/C15H13ClN4/c1-20-15(12-9-11(17)7-8-13(12)16)18-14(19-20)10-5-3-2-4-6-10/h2-9H,17H2,1H3. The van der Waals surface area contributed by atoms with Gasteiger partial charge in [0.15, 0.2) is 11.6 Å². The zero-order valence-corrected chi connectivity index (χ0v) is 11.7. The number of anilines is 1. The van der Waals surface area contributed by atoms with Crippen molar-refractivity contribution in [2.24, 2.45) is 7.05 Å². The number of nitrogens with zero attached hydrogens (tertiary/aromatic N) is 3. The first-order chi connectivity index (χ1) is 9.65. The SMILES string of the molecule is Cn1nc(-c2ccccc2)nc1-c1cc(N)ccc1Cl. The van der Waals surface area contributed by atoms with Crippen LogP contribution in [0.3, 0.4) is 0 Å². The van der Waals surface area contributed by atoms with Gasteiger partial charge < -0.3 is 5.73 Å². The third kappa shape index (κ3) is 2.26. The van der Waals surface area contributed by atoms with Crippen LogP contribution in [0.2, 0.25) is 5.02 Å². The zero-order valence-electron chi connectivity index (χ0n) is 10.9. The monoisotopic (exact) mass is 284 g/mol. The van der Waals surface area contributed by atoms with E-state index in [2.05, 4.69) is 10.1 Å². The van der Waals surface area contributed by atoms with Gasteiger partial charge in [0.2, 0.25) is 0 Å². The van der Waals surface area contributed by atoms with Crippen molar-refractivity contribution in [1.82, 2.24) is 14.8 Å². The Balaban J connectivity index is 2.12. The molecule has 0 radical (unpaired) electrons. The van der Waals surface area contributed by atoms with Gasteiger partial charge in [0.1, 0.15) is 0 Å². The molecule has 0 amide bonds. The minimum Gasteiger partial charge on any atom is -0.399 e. The number of aromatic nitrogens is 3. The molecule has 0 atom stereocenters. The molecule has 0 fully saturated rings. The number of hydrogen-bond donors (Lipinski definition) is 1. The lowest BCUT2D eigenvalue weighted by molar-refractivity contribution is 0.777. The number of benzene rings is 2. The van der Waals surface area contributed by atoms with Crippen molar-refractivity contribution >= 4 is 17.3 Å². The first kappa shape index (κ1) is 12.7. The van der Waals surface area contributed by atoms with Gasteiger partial charge in [0, 0.05) is 23.9 Å². The molecule has 0 aliphatic carbocycles. The average molecular weight is 285 g/mol. The molecule has 0 spiro atoms. The predicted octanol–water partition coefficient (Wildman–Crippen LogP) is 3.38. The van der Waals surface area contributed by atoms with E-state index in [9.17, 15) is 0 Å². The van der Waals surface area contributed by atoms with Gasteiger partial charge in [-0.15, -0.1) is 0 Å². The molecule has 2 aromatic carbocycles. The van der Waals surface area contributed by atoms with Crippen LogP contribution in [0.25, 0.3) is 22.8 Å². The molecule has 0 saturated heterocycles. The van der Waals surface area contributed by atoms with Gasteiger partial charge in [0.25, 0.3) is 0 Å². The largest absolute Gasteiger partial charge is 0.399 e. The summed E-state index contributed by atoms with van der Waals surface area (Å²) in [4.78, 5) is 4.56. The molecule has 3 aromatic rings. The van der Waals surface area contributed by atoms with Crippen molar-refractivity contribution in [2.75, 3.05) is 5.73 Å². The molecule has 2 N–H and O–H groups in total. The van der Waals surface area contributed by atoms with Gasteiger partial charge >= 0.3 is 0 Å². The van der Waals surface area contributed by atoms with Crippen LogP contribution in [-0.4, -0.2) is 14.8 Å². The second-order valence-corrected chi connectivity index (χ2v) is 4.90. The smallest absolute Gasteiger partial charge is 0.181 e. The summed E-state index contributed by atoms with van der Waals surface area (Å²) in [5.41, 5.74) is 8.21. The Bertz CT molecular complexity index is 750. The maximum atomic E-state index is 6.22. The predicted molar refractivity (Wildman–Crippen MR) is 81.3 cm³/mol. The highest BCUT2D eigenvalue weighted by atomic mass is 35.5. The minimum absolute atomic E-state index is 0.606. The van der Waals surface area contributed by atoms with Crippen molar-refractivity contribution < 1.29 is 0 Å². The molecular weight excluding hydrogens is 272 g/mol. The molecule has 3 rings (SSSR count). The Morgan fingerprint density at radius 3 is 2.60 bits per heavy atom. The van der Waals surface area contributed by atoms with E-state index in [0.717, 1.165) is 11.1 Å². The summed E-state index contributed by atoms with van der Waals surface area (Å²) in [5, 5.41) is 5.04. The van der Waals surface area contributed by atoms with E-state index in [-0.39, 0.29) is 0 Å². The van der Waals surface area contributed by atoms with Gasteiger partial charge in [-0.2, -0.15) is 5.10 Å². The number of halogens is 1. The van der Waals surface area contributed by atoms with Crippen molar-refractivity contribution in [1.29, 1.82) is 0 Å². The molecule has 0 saturated carbocycles. The highest BCUT2D eigenvalue weighted by molar-refractivity contribution is 6.33. The molecule has 0 unspecified atom stereocenters. The highest BCUT2D eigenvalue weighted by Crippen LogP contribution is 2.29. The fraction of sp³-hybridized carbons (Fsp3) is 0.0667. The van der Waals surface area contributed by atoms with E-state index in [1.54, 1.807) is 22.9 Å². The molecule has 100 valence electrons. The highest BCUT2D eigenvalue weighted by Gasteiger charge is 2.13. The second kappa shape index (κ2) is 4.98. The zero-order chi connectivity index (χ0) is 14.1. The van der Waals surface area contributed by atoms with Crippen LogP contribution in [0.1, 0.15) is 0 Å². The Morgan fingerprint density at radius 1 is 1.10 bits per heavy atom. The van der Waals surface area contributed by atoms with E-state index >= 15 is 0 Å². The number of aryl methyl sites for hydroxylation is 1. The second-order valence-electron chi connectivity index (χ2n) is 4.49. The molecule has 1 heterocycles. The van der Waals surface area contributed by atoms with Gasteiger partial charge in [-0.05, 0) is 18.2 Å². The van der Waals surface area contributed by atoms with E-state index in [4.69, 9.17) is 17.3 Å². The van der Waals surface area contributed by atoms with Crippen LogP contribution in [0, 0.1) is 0 Å². The normalized spacial score (nSPS) is 10.7. The van der Waals surface area contributed by atoms with Crippen molar-refractivity contribution in [3.8, 4) is 22.8 Å². The van der Waals surface area contributed by atoms with E-state index in [0.29, 0.717) is 22.4 Å². The van der Waals surface area contributed by atoms with Gasteiger partial charge in [-0.3, -0.25) is 0 Å². The maximum Gasteiger partial charge on any atom is 0.181 e. The van der Waals surface area contributed by atoms with Crippen molar-refractivity contribution in [3.05, 3.63) is 53.6 Å². The van der Waals surface area contributed by atoms with Gasteiger partial charge in [0.05, 0.1) is 5.02 Å².